The van der Waals surface area contributed by atoms with Gasteiger partial charge < -0.3 is 4.74 Å². The molecule has 0 aromatic heterocycles. The molecule has 1 fully saturated rings. The molecule has 1 atom stereocenters. The van der Waals surface area contributed by atoms with E-state index in [-0.39, 0.29) is 5.41 Å². The molecule has 0 radical (unpaired) electrons. The maximum absolute atomic E-state index is 11.6. The molecule has 2 heteroatoms. The van der Waals surface area contributed by atoms with Gasteiger partial charge in [-0.15, -0.1) is 0 Å². The fraction of sp³-hybridized carbons (Fsp3) is 0.900. The summed E-state index contributed by atoms with van der Waals surface area (Å²) in [5.74, 6) is 0.375. The van der Waals surface area contributed by atoms with Crippen LogP contribution in [-0.2, 0) is 9.53 Å². The Hall–Kier alpha value is -0.370. The minimum atomic E-state index is -0.130. The summed E-state index contributed by atoms with van der Waals surface area (Å²) in [7, 11) is 0. The van der Waals surface area contributed by atoms with Crippen LogP contribution in [0.2, 0.25) is 0 Å². The van der Waals surface area contributed by atoms with Gasteiger partial charge >= 0.3 is 0 Å². The van der Waals surface area contributed by atoms with Gasteiger partial charge in [0, 0.05) is 11.8 Å². The van der Waals surface area contributed by atoms with Gasteiger partial charge in [-0.25, -0.2) is 0 Å². The Morgan fingerprint density at radius 2 is 2.17 bits per heavy atom. The molecule has 1 aliphatic heterocycles. The van der Waals surface area contributed by atoms with Crippen LogP contribution in [0.25, 0.3) is 0 Å². The summed E-state index contributed by atoms with van der Waals surface area (Å²) in [5.41, 5.74) is -0.130. The lowest BCUT2D eigenvalue weighted by Gasteiger charge is -2.20. The molecule has 1 rings (SSSR count). The van der Waals surface area contributed by atoms with E-state index in [1.807, 2.05) is 13.8 Å². The molecule has 1 heterocycles. The fourth-order valence-corrected chi connectivity index (χ4v) is 1.06. The maximum Gasteiger partial charge on any atom is 0.138 e. The third-order valence-electron chi connectivity index (χ3n) is 2.73. The highest BCUT2D eigenvalue weighted by Crippen LogP contribution is 2.25. The van der Waals surface area contributed by atoms with Gasteiger partial charge in [-0.05, 0) is 12.8 Å². The molecule has 0 spiro atoms. The second-order valence-electron chi connectivity index (χ2n) is 4.15. The van der Waals surface area contributed by atoms with E-state index in [4.69, 9.17) is 4.74 Å². The summed E-state index contributed by atoms with van der Waals surface area (Å²) in [6.07, 6.45) is 2.92. The number of hydrogen-bond donors (Lipinski definition) is 0. The molecule has 0 bridgehead atoms. The normalized spacial score (nSPS) is 22.4. The standard InChI is InChI=1S/C10H18O2/c1-4-10(2,3)9(11)6-5-8-7-12-8/h8H,4-7H2,1-3H3. The smallest absolute Gasteiger partial charge is 0.138 e. The first kappa shape index (κ1) is 9.72. The molecule has 0 aliphatic carbocycles. The first-order valence-electron chi connectivity index (χ1n) is 4.71. The molecule has 70 valence electrons. The number of ketones is 1. The van der Waals surface area contributed by atoms with Crippen LogP contribution in [0.1, 0.15) is 40.0 Å². The molecule has 0 amide bonds. The summed E-state index contributed by atoms with van der Waals surface area (Å²) in [4.78, 5) is 11.6. The fourth-order valence-electron chi connectivity index (χ4n) is 1.06. The van der Waals surface area contributed by atoms with Crippen LogP contribution in [0.5, 0.6) is 0 Å². The summed E-state index contributed by atoms with van der Waals surface area (Å²) in [6.45, 7) is 6.96. The lowest BCUT2D eigenvalue weighted by Crippen LogP contribution is -2.23. The third-order valence-corrected chi connectivity index (χ3v) is 2.73. The van der Waals surface area contributed by atoms with Gasteiger partial charge in [-0.2, -0.15) is 0 Å². The van der Waals surface area contributed by atoms with Crippen molar-refractivity contribution < 1.29 is 9.53 Å². The van der Waals surface area contributed by atoms with E-state index in [0.717, 1.165) is 19.4 Å². The molecule has 1 saturated heterocycles. The molecule has 1 aliphatic rings. The SMILES string of the molecule is CCC(C)(C)C(=O)CCC1CO1. The van der Waals surface area contributed by atoms with Crippen molar-refractivity contribution in [2.75, 3.05) is 6.61 Å². The summed E-state index contributed by atoms with van der Waals surface area (Å²) < 4.78 is 5.05. The van der Waals surface area contributed by atoms with Crippen LogP contribution in [0.4, 0.5) is 0 Å². The molecule has 0 aromatic carbocycles. The van der Waals surface area contributed by atoms with E-state index in [1.54, 1.807) is 0 Å². The van der Waals surface area contributed by atoms with Crippen LogP contribution >= 0.6 is 0 Å². The first-order valence-corrected chi connectivity index (χ1v) is 4.71. The van der Waals surface area contributed by atoms with E-state index in [9.17, 15) is 4.79 Å². The molecule has 12 heavy (non-hydrogen) atoms. The van der Waals surface area contributed by atoms with Crippen molar-refractivity contribution >= 4 is 5.78 Å². The van der Waals surface area contributed by atoms with Gasteiger partial charge in [-0.1, -0.05) is 20.8 Å². The second-order valence-corrected chi connectivity index (χ2v) is 4.15. The van der Waals surface area contributed by atoms with Gasteiger partial charge in [0.1, 0.15) is 5.78 Å². The van der Waals surface area contributed by atoms with Crippen molar-refractivity contribution in [2.24, 2.45) is 5.41 Å². The topological polar surface area (TPSA) is 29.6 Å². The molecule has 0 saturated carbocycles. The Morgan fingerprint density at radius 1 is 1.58 bits per heavy atom. The second kappa shape index (κ2) is 3.56. The van der Waals surface area contributed by atoms with E-state index in [0.29, 0.717) is 18.3 Å². The van der Waals surface area contributed by atoms with Gasteiger partial charge in [0.25, 0.3) is 0 Å². The quantitative estimate of drug-likeness (QED) is 0.592. The number of carbonyl (C=O) groups excluding carboxylic acids is 1. The Labute approximate surface area is 74.3 Å². The molecule has 2 nitrogen and oxygen atoms in total. The van der Waals surface area contributed by atoms with Gasteiger partial charge in [0.15, 0.2) is 0 Å². The van der Waals surface area contributed by atoms with E-state index < -0.39 is 0 Å². The molecular formula is C10H18O2. The first-order chi connectivity index (χ1) is 5.56. The van der Waals surface area contributed by atoms with Crippen molar-refractivity contribution in [2.45, 2.75) is 46.1 Å². The van der Waals surface area contributed by atoms with Crippen molar-refractivity contribution in [3.63, 3.8) is 0 Å². The predicted molar refractivity (Wildman–Crippen MR) is 48.1 cm³/mol. The Bertz CT molecular complexity index is 169. The lowest BCUT2D eigenvalue weighted by atomic mass is 9.83. The number of ether oxygens (including phenoxy) is 1. The number of hydrogen-bond acceptors (Lipinski definition) is 2. The summed E-state index contributed by atoms with van der Waals surface area (Å²) in [5, 5.41) is 0. The van der Waals surface area contributed by atoms with Crippen LogP contribution in [0.15, 0.2) is 0 Å². The average molecular weight is 170 g/mol. The van der Waals surface area contributed by atoms with Crippen molar-refractivity contribution in [3.05, 3.63) is 0 Å². The van der Waals surface area contributed by atoms with Crippen LogP contribution in [0.3, 0.4) is 0 Å². The van der Waals surface area contributed by atoms with Crippen LogP contribution in [0, 0.1) is 5.41 Å². The van der Waals surface area contributed by atoms with Gasteiger partial charge in [0.2, 0.25) is 0 Å². The zero-order valence-corrected chi connectivity index (χ0v) is 8.22. The molecule has 1 unspecified atom stereocenters. The number of carbonyl (C=O) groups is 1. The van der Waals surface area contributed by atoms with E-state index in [1.165, 1.54) is 0 Å². The van der Waals surface area contributed by atoms with Gasteiger partial charge in [0.05, 0.1) is 12.7 Å². The number of epoxide rings is 1. The van der Waals surface area contributed by atoms with Crippen molar-refractivity contribution in [1.29, 1.82) is 0 Å². The van der Waals surface area contributed by atoms with Crippen LogP contribution < -0.4 is 0 Å². The van der Waals surface area contributed by atoms with Crippen LogP contribution in [-0.4, -0.2) is 18.5 Å². The maximum atomic E-state index is 11.6. The molecule has 0 aromatic rings. The molecule has 0 N–H and O–H groups in total. The largest absolute Gasteiger partial charge is 0.373 e. The highest BCUT2D eigenvalue weighted by molar-refractivity contribution is 5.83. The Kier molecular flexibility index (Phi) is 2.89. The van der Waals surface area contributed by atoms with E-state index in [2.05, 4.69) is 6.92 Å². The third kappa shape index (κ3) is 2.59. The minimum Gasteiger partial charge on any atom is -0.373 e. The van der Waals surface area contributed by atoms with E-state index >= 15 is 0 Å². The minimum absolute atomic E-state index is 0.130. The monoisotopic (exact) mass is 170 g/mol. The Morgan fingerprint density at radius 3 is 2.58 bits per heavy atom. The summed E-state index contributed by atoms with van der Waals surface area (Å²) >= 11 is 0. The zero-order valence-electron chi connectivity index (χ0n) is 8.22. The Balaban J connectivity index is 2.25. The predicted octanol–water partition coefficient (Wildman–Crippen LogP) is 2.17. The lowest BCUT2D eigenvalue weighted by molar-refractivity contribution is -0.127. The summed E-state index contributed by atoms with van der Waals surface area (Å²) in [6, 6.07) is 0. The number of rotatable bonds is 5. The van der Waals surface area contributed by atoms with Crippen molar-refractivity contribution in [3.8, 4) is 0 Å². The van der Waals surface area contributed by atoms with Gasteiger partial charge in [-0.3, -0.25) is 4.79 Å². The molecular weight excluding hydrogens is 152 g/mol. The van der Waals surface area contributed by atoms with Crippen molar-refractivity contribution in [1.82, 2.24) is 0 Å². The average Bonchev–Trinajstić information content (AvgIpc) is 2.83. The zero-order chi connectivity index (χ0) is 9.19. The number of Topliss-reactive ketones (excluding diaryl/α,β-unsaturated/α-hetero) is 1. The highest BCUT2D eigenvalue weighted by atomic mass is 16.6. The highest BCUT2D eigenvalue weighted by Gasteiger charge is 2.28.